The zero-order valence-corrected chi connectivity index (χ0v) is 11.1. The molecule has 0 fully saturated rings. The number of nitrogens with zero attached hydrogens (tertiary/aromatic N) is 2. The second-order valence-electron chi connectivity index (χ2n) is 3.22. The van der Waals surface area contributed by atoms with Gasteiger partial charge in [0.15, 0.2) is 0 Å². The van der Waals surface area contributed by atoms with E-state index in [1.54, 1.807) is 13.0 Å². The topological polar surface area (TPSA) is 93.2 Å². The molecule has 0 aliphatic rings. The average molecular weight is 313 g/mol. The van der Waals surface area contributed by atoms with Crippen LogP contribution in [0.3, 0.4) is 0 Å². The van der Waals surface area contributed by atoms with E-state index in [9.17, 15) is 14.9 Å². The number of carbonyl (C=O) groups is 1. The number of hydrogen-bond donors (Lipinski definition) is 0. The zero-order valence-electron chi connectivity index (χ0n) is 9.47. The summed E-state index contributed by atoms with van der Waals surface area (Å²) in [6.07, 6.45) is 0. The van der Waals surface area contributed by atoms with Crippen LogP contribution in [0.2, 0.25) is 0 Å². The van der Waals surface area contributed by atoms with E-state index in [-0.39, 0.29) is 17.7 Å². The number of esters is 1. The number of halogens is 1. The van der Waals surface area contributed by atoms with E-state index in [1.165, 1.54) is 12.1 Å². The molecule has 0 spiro atoms. The molecular weight excluding hydrogens is 304 g/mol. The number of benzene rings is 1. The minimum absolute atomic E-state index is 0.109. The number of rotatable bonds is 4. The lowest BCUT2D eigenvalue weighted by Crippen LogP contribution is -2.10. The first kappa shape index (κ1) is 14.1. The Bertz CT molecular complexity index is 537. The summed E-state index contributed by atoms with van der Waals surface area (Å²) in [5, 5.41) is 20.3. The van der Waals surface area contributed by atoms with E-state index >= 15 is 0 Å². The maximum atomic E-state index is 11.6. The predicted octanol–water partition coefficient (Wildman–Crippen LogP) is 2.54. The summed E-state index contributed by atoms with van der Waals surface area (Å²) >= 11 is 3.13. The number of alkyl halides is 1. The van der Waals surface area contributed by atoms with Gasteiger partial charge in [-0.05, 0) is 18.6 Å². The first-order chi connectivity index (χ1) is 8.56. The first-order valence-corrected chi connectivity index (χ1v) is 6.12. The number of nitro benzene ring substituents is 1. The second kappa shape index (κ2) is 6.12. The van der Waals surface area contributed by atoms with Gasteiger partial charge in [-0.25, -0.2) is 4.79 Å². The SMILES string of the molecule is CCOC(=O)c1ccc(CBr)c(C#N)c1[N+](=O)[O-]. The summed E-state index contributed by atoms with van der Waals surface area (Å²) in [4.78, 5) is 21.9. The summed E-state index contributed by atoms with van der Waals surface area (Å²) < 4.78 is 4.73. The summed E-state index contributed by atoms with van der Waals surface area (Å²) in [5.74, 6) is -0.804. The Morgan fingerprint density at radius 2 is 2.28 bits per heavy atom. The van der Waals surface area contributed by atoms with Crippen molar-refractivity contribution < 1.29 is 14.5 Å². The van der Waals surface area contributed by atoms with Crippen LogP contribution in [0.5, 0.6) is 0 Å². The molecule has 7 heteroatoms. The Balaban J connectivity index is 3.50. The Kier molecular flexibility index (Phi) is 4.80. The van der Waals surface area contributed by atoms with Gasteiger partial charge in [-0.1, -0.05) is 22.0 Å². The third-order valence-electron chi connectivity index (χ3n) is 2.20. The van der Waals surface area contributed by atoms with Crippen LogP contribution in [-0.4, -0.2) is 17.5 Å². The van der Waals surface area contributed by atoms with Crippen molar-refractivity contribution in [2.75, 3.05) is 6.61 Å². The molecule has 0 heterocycles. The number of carbonyl (C=O) groups excluding carboxylic acids is 1. The fraction of sp³-hybridized carbons (Fsp3) is 0.273. The van der Waals surface area contributed by atoms with Gasteiger partial charge >= 0.3 is 11.7 Å². The third kappa shape index (κ3) is 2.65. The molecule has 0 saturated heterocycles. The van der Waals surface area contributed by atoms with E-state index in [0.29, 0.717) is 10.9 Å². The van der Waals surface area contributed by atoms with E-state index in [2.05, 4.69) is 15.9 Å². The van der Waals surface area contributed by atoms with Gasteiger partial charge in [-0.15, -0.1) is 0 Å². The lowest BCUT2D eigenvalue weighted by molar-refractivity contribution is -0.385. The summed E-state index contributed by atoms with van der Waals surface area (Å²) in [5.41, 5.74) is -0.379. The zero-order chi connectivity index (χ0) is 13.7. The molecule has 0 bridgehead atoms. The van der Waals surface area contributed by atoms with E-state index in [1.807, 2.05) is 0 Å². The van der Waals surface area contributed by atoms with Crippen molar-refractivity contribution in [2.24, 2.45) is 0 Å². The van der Waals surface area contributed by atoms with Gasteiger partial charge in [0.1, 0.15) is 17.2 Å². The highest BCUT2D eigenvalue weighted by atomic mass is 79.9. The van der Waals surface area contributed by atoms with Crippen molar-refractivity contribution in [3.05, 3.63) is 38.9 Å². The fourth-order valence-corrected chi connectivity index (χ4v) is 1.90. The molecule has 0 aliphatic heterocycles. The highest BCUT2D eigenvalue weighted by Crippen LogP contribution is 2.28. The lowest BCUT2D eigenvalue weighted by atomic mass is 10.0. The number of nitro groups is 1. The maximum absolute atomic E-state index is 11.6. The molecule has 18 heavy (non-hydrogen) atoms. The van der Waals surface area contributed by atoms with E-state index < -0.39 is 16.6 Å². The van der Waals surface area contributed by atoms with Gasteiger partial charge in [0.05, 0.1) is 11.5 Å². The number of ether oxygens (including phenoxy) is 1. The van der Waals surface area contributed by atoms with Crippen molar-refractivity contribution in [3.8, 4) is 6.07 Å². The van der Waals surface area contributed by atoms with E-state index in [0.717, 1.165) is 0 Å². The third-order valence-corrected chi connectivity index (χ3v) is 2.80. The molecule has 0 saturated carbocycles. The molecule has 0 aromatic heterocycles. The van der Waals surface area contributed by atoms with E-state index in [4.69, 9.17) is 10.00 Å². The molecular formula is C11H9BrN2O4. The molecule has 0 unspecified atom stereocenters. The van der Waals surface area contributed by atoms with Gasteiger partial charge in [0.25, 0.3) is 0 Å². The van der Waals surface area contributed by atoms with Crippen LogP contribution < -0.4 is 0 Å². The van der Waals surface area contributed by atoms with Gasteiger partial charge in [0.2, 0.25) is 0 Å². The van der Waals surface area contributed by atoms with Crippen LogP contribution in [0.4, 0.5) is 5.69 Å². The van der Waals surface area contributed by atoms with Crippen molar-refractivity contribution in [1.29, 1.82) is 5.26 Å². The molecule has 6 nitrogen and oxygen atoms in total. The number of nitriles is 1. The van der Waals surface area contributed by atoms with Crippen LogP contribution in [0, 0.1) is 21.4 Å². The summed E-state index contributed by atoms with van der Waals surface area (Å²) in [6, 6.07) is 4.55. The summed E-state index contributed by atoms with van der Waals surface area (Å²) in [7, 11) is 0. The van der Waals surface area contributed by atoms with Gasteiger partial charge in [-0.3, -0.25) is 10.1 Å². The Morgan fingerprint density at radius 1 is 1.61 bits per heavy atom. The molecule has 1 aromatic carbocycles. The normalized spacial score (nSPS) is 9.61. The molecule has 94 valence electrons. The summed E-state index contributed by atoms with van der Waals surface area (Å²) in [6.45, 7) is 1.71. The second-order valence-corrected chi connectivity index (χ2v) is 3.78. The van der Waals surface area contributed by atoms with Crippen molar-refractivity contribution in [1.82, 2.24) is 0 Å². The maximum Gasteiger partial charge on any atom is 0.345 e. The standard InChI is InChI=1S/C11H9BrN2O4/c1-2-18-11(15)8-4-3-7(5-12)9(6-13)10(8)14(16)17/h3-4H,2,5H2,1H3. The smallest absolute Gasteiger partial charge is 0.345 e. The highest BCUT2D eigenvalue weighted by molar-refractivity contribution is 9.08. The molecule has 1 aromatic rings. The molecule has 0 amide bonds. The molecule has 0 atom stereocenters. The Hall–Kier alpha value is -1.94. The monoisotopic (exact) mass is 312 g/mol. The number of hydrogen-bond acceptors (Lipinski definition) is 5. The Labute approximate surface area is 111 Å². The fourth-order valence-electron chi connectivity index (χ4n) is 1.43. The Morgan fingerprint density at radius 3 is 2.72 bits per heavy atom. The van der Waals surface area contributed by atoms with Crippen molar-refractivity contribution >= 4 is 27.6 Å². The predicted molar refractivity (Wildman–Crippen MR) is 66.4 cm³/mol. The van der Waals surface area contributed by atoms with Crippen LogP contribution >= 0.6 is 15.9 Å². The highest BCUT2D eigenvalue weighted by Gasteiger charge is 2.27. The largest absolute Gasteiger partial charge is 0.462 e. The molecule has 0 radical (unpaired) electrons. The van der Waals surface area contributed by atoms with Crippen molar-refractivity contribution in [3.63, 3.8) is 0 Å². The minimum Gasteiger partial charge on any atom is -0.462 e. The first-order valence-electron chi connectivity index (χ1n) is 5.00. The van der Waals surface area contributed by atoms with Crippen LogP contribution in [-0.2, 0) is 10.1 Å². The van der Waals surface area contributed by atoms with Crippen LogP contribution in [0.25, 0.3) is 0 Å². The minimum atomic E-state index is -0.804. The molecule has 1 rings (SSSR count). The lowest BCUT2D eigenvalue weighted by Gasteiger charge is -2.06. The van der Waals surface area contributed by atoms with Crippen LogP contribution in [0.1, 0.15) is 28.4 Å². The van der Waals surface area contributed by atoms with Gasteiger partial charge in [0, 0.05) is 5.33 Å². The molecule has 0 aliphatic carbocycles. The van der Waals surface area contributed by atoms with Crippen LogP contribution in [0.15, 0.2) is 12.1 Å². The van der Waals surface area contributed by atoms with Gasteiger partial charge in [-0.2, -0.15) is 5.26 Å². The average Bonchev–Trinajstić information content (AvgIpc) is 2.36. The van der Waals surface area contributed by atoms with Gasteiger partial charge < -0.3 is 4.74 Å². The molecule has 0 N–H and O–H groups in total. The van der Waals surface area contributed by atoms with Crippen molar-refractivity contribution in [2.45, 2.75) is 12.3 Å². The quantitative estimate of drug-likeness (QED) is 0.368.